The second-order valence-corrected chi connectivity index (χ2v) is 5.72. The molecule has 2 heterocycles. The summed E-state index contributed by atoms with van der Waals surface area (Å²) in [6.45, 7) is 5.86. The molecule has 0 saturated heterocycles. The smallest absolute Gasteiger partial charge is 0.354 e. The molecule has 0 aliphatic rings. The standard InChI is InChI=1S/C13H16N4O2S/c1-6-11(20-8(3)15-6)7(2)16-12-9(14)4-5-10(17-12)13(18)19/h4-5,7H,14H2,1-3H3,(H,16,17)(H,18,19). The Bertz CT molecular complexity index is 654. The molecule has 6 nitrogen and oxygen atoms in total. The van der Waals surface area contributed by atoms with Crippen molar-refractivity contribution >= 4 is 28.8 Å². The molecule has 106 valence electrons. The fourth-order valence-electron chi connectivity index (χ4n) is 1.92. The number of anilines is 2. The van der Waals surface area contributed by atoms with Crippen LogP contribution in [0.2, 0.25) is 0 Å². The van der Waals surface area contributed by atoms with Gasteiger partial charge in [-0.05, 0) is 32.9 Å². The summed E-state index contributed by atoms with van der Waals surface area (Å²) in [4.78, 5) is 20.4. The number of carboxylic acids is 1. The minimum atomic E-state index is -1.08. The SMILES string of the molecule is Cc1nc(C)c(C(C)Nc2nc(C(=O)O)ccc2N)s1. The first kappa shape index (κ1) is 14.3. The van der Waals surface area contributed by atoms with Gasteiger partial charge in [0.2, 0.25) is 0 Å². The molecule has 1 unspecified atom stereocenters. The molecule has 20 heavy (non-hydrogen) atoms. The fourth-order valence-corrected chi connectivity index (χ4v) is 2.85. The highest BCUT2D eigenvalue weighted by Gasteiger charge is 2.16. The van der Waals surface area contributed by atoms with Gasteiger partial charge in [0.05, 0.1) is 22.4 Å². The van der Waals surface area contributed by atoms with Crippen LogP contribution in [0.15, 0.2) is 12.1 Å². The van der Waals surface area contributed by atoms with Gasteiger partial charge in [-0.2, -0.15) is 0 Å². The third kappa shape index (κ3) is 2.88. The number of aromatic carboxylic acids is 1. The number of carbonyl (C=O) groups is 1. The van der Waals surface area contributed by atoms with Gasteiger partial charge in [-0.1, -0.05) is 0 Å². The zero-order valence-electron chi connectivity index (χ0n) is 11.5. The minimum absolute atomic E-state index is 0.0360. The Kier molecular flexibility index (Phi) is 3.89. The van der Waals surface area contributed by atoms with E-state index in [9.17, 15) is 4.79 Å². The van der Waals surface area contributed by atoms with Gasteiger partial charge < -0.3 is 16.2 Å². The number of aromatic nitrogens is 2. The number of nitrogens with two attached hydrogens (primary N) is 1. The van der Waals surface area contributed by atoms with Crippen LogP contribution in [0.1, 0.15) is 39.0 Å². The van der Waals surface area contributed by atoms with Crippen molar-refractivity contribution < 1.29 is 9.90 Å². The average molecular weight is 292 g/mol. The van der Waals surface area contributed by atoms with Crippen molar-refractivity contribution in [2.24, 2.45) is 0 Å². The molecule has 2 aromatic rings. The Balaban J connectivity index is 2.27. The maximum atomic E-state index is 10.9. The third-order valence-electron chi connectivity index (χ3n) is 2.83. The molecular weight excluding hydrogens is 276 g/mol. The monoisotopic (exact) mass is 292 g/mol. The van der Waals surface area contributed by atoms with Gasteiger partial charge in [-0.3, -0.25) is 0 Å². The number of aryl methyl sites for hydroxylation is 2. The number of nitrogens with one attached hydrogen (secondary N) is 1. The molecule has 7 heteroatoms. The molecule has 0 aliphatic carbocycles. The first-order chi connectivity index (χ1) is 9.38. The number of carboxylic acid groups (broad SMARTS) is 1. The Morgan fingerprint density at radius 2 is 2.10 bits per heavy atom. The number of hydrogen-bond acceptors (Lipinski definition) is 6. The van der Waals surface area contributed by atoms with Gasteiger partial charge in [0.25, 0.3) is 0 Å². The van der Waals surface area contributed by atoms with E-state index in [0.29, 0.717) is 11.5 Å². The number of nitrogens with zero attached hydrogens (tertiary/aromatic N) is 2. The van der Waals surface area contributed by atoms with Gasteiger partial charge in [0.15, 0.2) is 11.5 Å². The van der Waals surface area contributed by atoms with Crippen molar-refractivity contribution in [2.75, 3.05) is 11.1 Å². The minimum Gasteiger partial charge on any atom is -0.477 e. The molecule has 0 saturated carbocycles. The second-order valence-electron chi connectivity index (χ2n) is 4.49. The van der Waals surface area contributed by atoms with E-state index in [1.54, 1.807) is 11.3 Å². The van der Waals surface area contributed by atoms with Crippen molar-refractivity contribution in [3.63, 3.8) is 0 Å². The number of rotatable bonds is 4. The summed E-state index contributed by atoms with van der Waals surface area (Å²) in [6.07, 6.45) is 0. The summed E-state index contributed by atoms with van der Waals surface area (Å²) in [7, 11) is 0. The highest BCUT2D eigenvalue weighted by Crippen LogP contribution is 2.28. The van der Waals surface area contributed by atoms with Gasteiger partial charge in [0.1, 0.15) is 0 Å². The highest BCUT2D eigenvalue weighted by atomic mass is 32.1. The van der Waals surface area contributed by atoms with Crippen LogP contribution in [-0.4, -0.2) is 21.0 Å². The molecule has 0 aromatic carbocycles. The third-order valence-corrected chi connectivity index (χ3v) is 4.09. The molecule has 1 atom stereocenters. The largest absolute Gasteiger partial charge is 0.477 e. The topological polar surface area (TPSA) is 101 Å². The number of thiazole rings is 1. The molecule has 0 aliphatic heterocycles. The van der Waals surface area contributed by atoms with Crippen molar-refractivity contribution in [1.29, 1.82) is 0 Å². The van der Waals surface area contributed by atoms with Crippen molar-refractivity contribution in [3.05, 3.63) is 33.4 Å². The molecule has 0 amide bonds. The van der Waals surface area contributed by atoms with Gasteiger partial charge >= 0.3 is 5.97 Å². The van der Waals surface area contributed by atoms with Crippen LogP contribution >= 0.6 is 11.3 Å². The van der Waals surface area contributed by atoms with Gasteiger partial charge in [0, 0.05) is 4.88 Å². The fraction of sp³-hybridized carbons (Fsp3) is 0.308. The van der Waals surface area contributed by atoms with Crippen LogP contribution in [-0.2, 0) is 0 Å². The summed E-state index contributed by atoms with van der Waals surface area (Å²) in [5.41, 5.74) is 7.17. The van der Waals surface area contributed by atoms with E-state index in [4.69, 9.17) is 10.8 Å². The lowest BCUT2D eigenvalue weighted by Gasteiger charge is -2.15. The van der Waals surface area contributed by atoms with Crippen molar-refractivity contribution in [3.8, 4) is 0 Å². The van der Waals surface area contributed by atoms with Gasteiger partial charge in [-0.15, -0.1) is 11.3 Å². The van der Waals surface area contributed by atoms with Crippen LogP contribution in [0, 0.1) is 13.8 Å². The van der Waals surface area contributed by atoms with Crippen LogP contribution in [0.5, 0.6) is 0 Å². The molecule has 4 N–H and O–H groups in total. The van der Waals surface area contributed by atoms with E-state index in [1.807, 2.05) is 20.8 Å². The van der Waals surface area contributed by atoms with Crippen LogP contribution < -0.4 is 11.1 Å². The quantitative estimate of drug-likeness (QED) is 0.800. The van der Waals surface area contributed by atoms with Crippen molar-refractivity contribution in [2.45, 2.75) is 26.8 Å². The lowest BCUT2D eigenvalue weighted by Crippen LogP contribution is -2.12. The summed E-state index contributed by atoms with van der Waals surface area (Å²) >= 11 is 1.60. The molecule has 2 rings (SSSR count). The lowest BCUT2D eigenvalue weighted by molar-refractivity contribution is 0.0690. The lowest BCUT2D eigenvalue weighted by atomic mass is 10.2. The first-order valence-electron chi connectivity index (χ1n) is 6.08. The van der Waals surface area contributed by atoms with E-state index in [0.717, 1.165) is 15.6 Å². The summed E-state index contributed by atoms with van der Waals surface area (Å²) < 4.78 is 0. The Hall–Kier alpha value is -2.15. The maximum Gasteiger partial charge on any atom is 0.354 e. The molecule has 0 fully saturated rings. The zero-order chi connectivity index (χ0) is 14.9. The predicted octanol–water partition coefficient (Wildman–Crippen LogP) is 2.61. The second kappa shape index (κ2) is 5.46. The number of nitrogen functional groups attached to an aromatic ring is 1. The van der Waals surface area contributed by atoms with E-state index in [-0.39, 0.29) is 11.7 Å². The first-order valence-corrected chi connectivity index (χ1v) is 6.90. The Labute approximate surface area is 120 Å². The predicted molar refractivity (Wildman–Crippen MR) is 79.2 cm³/mol. The molecular formula is C13H16N4O2S. The van der Waals surface area contributed by atoms with E-state index in [2.05, 4.69) is 15.3 Å². The van der Waals surface area contributed by atoms with E-state index < -0.39 is 5.97 Å². The van der Waals surface area contributed by atoms with Gasteiger partial charge in [-0.25, -0.2) is 14.8 Å². The summed E-state index contributed by atoms with van der Waals surface area (Å²) in [6, 6.07) is 2.88. The zero-order valence-corrected chi connectivity index (χ0v) is 12.3. The van der Waals surface area contributed by atoms with Crippen LogP contribution in [0.25, 0.3) is 0 Å². The highest BCUT2D eigenvalue weighted by molar-refractivity contribution is 7.11. The Morgan fingerprint density at radius 3 is 2.65 bits per heavy atom. The Morgan fingerprint density at radius 1 is 1.40 bits per heavy atom. The van der Waals surface area contributed by atoms with E-state index >= 15 is 0 Å². The molecule has 2 aromatic heterocycles. The molecule has 0 radical (unpaired) electrons. The average Bonchev–Trinajstić information content (AvgIpc) is 2.71. The number of pyridine rings is 1. The van der Waals surface area contributed by atoms with E-state index in [1.165, 1.54) is 12.1 Å². The maximum absolute atomic E-state index is 10.9. The molecule has 0 spiro atoms. The van der Waals surface area contributed by atoms with Crippen LogP contribution in [0.3, 0.4) is 0 Å². The van der Waals surface area contributed by atoms with Crippen molar-refractivity contribution in [1.82, 2.24) is 9.97 Å². The number of hydrogen-bond donors (Lipinski definition) is 3. The van der Waals surface area contributed by atoms with Crippen LogP contribution in [0.4, 0.5) is 11.5 Å². The molecule has 0 bridgehead atoms. The normalized spacial score (nSPS) is 12.2. The summed E-state index contributed by atoms with van der Waals surface area (Å²) in [5.74, 6) is -0.701. The summed E-state index contributed by atoms with van der Waals surface area (Å²) in [5, 5.41) is 13.1.